The van der Waals surface area contributed by atoms with Gasteiger partial charge in [0.2, 0.25) is 0 Å². The van der Waals surface area contributed by atoms with Gasteiger partial charge < -0.3 is 14.4 Å². The summed E-state index contributed by atoms with van der Waals surface area (Å²) in [5.41, 5.74) is 2.44. The van der Waals surface area contributed by atoms with Gasteiger partial charge >= 0.3 is 6.09 Å². The highest BCUT2D eigenvalue weighted by atomic mass is 16.6. The normalized spacial score (nSPS) is 17.6. The van der Waals surface area contributed by atoms with Gasteiger partial charge in [-0.3, -0.25) is 4.90 Å². The molecule has 30 heavy (non-hydrogen) atoms. The minimum absolute atomic E-state index is 0.141. The fraction of sp³-hybridized carbons (Fsp3) is 0.480. The van der Waals surface area contributed by atoms with Gasteiger partial charge in [0.1, 0.15) is 12.4 Å². The Labute approximate surface area is 180 Å². The van der Waals surface area contributed by atoms with Crippen LogP contribution in [0.1, 0.15) is 38.3 Å². The summed E-state index contributed by atoms with van der Waals surface area (Å²) in [7, 11) is 2.11. The molecular weight excluding hydrogens is 376 g/mol. The lowest BCUT2D eigenvalue weighted by molar-refractivity contribution is 0.0508. The van der Waals surface area contributed by atoms with Crippen LogP contribution in [0.3, 0.4) is 0 Å². The molecule has 1 aliphatic heterocycles. The first kappa shape index (κ1) is 22.2. The highest BCUT2D eigenvalue weighted by Gasteiger charge is 2.28. The summed E-state index contributed by atoms with van der Waals surface area (Å²) >= 11 is 0. The molecule has 1 atom stereocenters. The lowest BCUT2D eigenvalue weighted by Crippen LogP contribution is -2.53. The smallest absolute Gasteiger partial charge is 0.410 e. The van der Waals surface area contributed by atoms with Crippen LogP contribution in [0.4, 0.5) is 4.79 Å². The van der Waals surface area contributed by atoms with E-state index in [4.69, 9.17) is 9.47 Å². The second kappa shape index (κ2) is 9.98. The number of carbonyl (C=O) groups is 1. The van der Waals surface area contributed by atoms with Crippen LogP contribution in [-0.2, 0) is 16.8 Å². The highest BCUT2D eigenvalue weighted by molar-refractivity contribution is 5.67. The predicted octanol–water partition coefficient (Wildman–Crippen LogP) is 4.71. The molecule has 3 rings (SSSR count). The summed E-state index contributed by atoms with van der Waals surface area (Å²) in [5, 5.41) is 0. The first-order chi connectivity index (χ1) is 14.3. The van der Waals surface area contributed by atoms with Gasteiger partial charge in [-0.05, 0) is 42.1 Å². The number of ether oxygens (including phenoxy) is 2. The minimum atomic E-state index is -0.240. The molecule has 1 saturated heterocycles. The van der Waals surface area contributed by atoms with E-state index in [1.54, 1.807) is 0 Å². The van der Waals surface area contributed by atoms with Gasteiger partial charge in [-0.1, -0.05) is 63.2 Å². The summed E-state index contributed by atoms with van der Waals surface area (Å²) in [5.74, 6) is 0.889. The van der Waals surface area contributed by atoms with Crippen LogP contribution in [0, 0.1) is 0 Å². The third kappa shape index (κ3) is 6.23. The van der Waals surface area contributed by atoms with Crippen LogP contribution in [0.25, 0.3) is 0 Å². The van der Waals surface area contributed by atoms with Crippen LogP contribution < -0.4 is 4.74 Å². The Morgan fingerprint density at radius 3 is 2.40 bits per heavy atom. The first-order valence-electron chi connectivity index (χ1n) is 10.7. The Kier molecular flexibility index (Phi) is 7.38. The van der Waals surface area contributed by atoms with Gasteiger partial charge in [0, 0.05) is 25.7 Å². The lowest BCUT2D eigenvalue weighted by atomic mass is 9.87. The van der Waals surface area contributed by atoms with E-state index in [-0.39, 0.29) is 17.6 Å². The van der Waals surface area contributed by atoms with Gasteiger partial charge in [0.15, 0.2) is 0 Å². The summed E-state index contributed by atoms with van der Waals surface area (Å²) in [6.07, 6.45) is 0.621. The van der Waals surface area contributed by atoms with E-state index >= 15 is 0 Å². The number of hydrogen-bond donors (Lipinski definition) is 0. The van der Waals surface area contributed by atoms with Gasteiger partial charge in [0.25, 0.3) is 0 Å². The van der Waals surface area contributed by atoms with Crippen LogP contribution in [0.5, 0.6) is 5.75 Å². The Morgan fingerprint density at radius 2 is 1.73 bits per heavy atom. The van der Waals surface area contributed by atoms with Gasteiger partial charge in [-0.25, -0.2) is 4.79 Å². The van der Waals surface area contributed by atoms with Crippen molar-refractivity contribution in [2.75, 3.05) is 33.3 Å². The van der Waals surface area contributed by atoms with E-state index < -0.39 is 0 Å². The van der Waals surface area contributed by atoms with Crippen molar-refractivity contribution in [2.24, 2.45) is 0 Å². The zero-order chi connectivity index (χ0) is 21.6. The molecule has 0 aliphatic carbocycles. The Bertz CT molecular complexity index is 799. The number of amides is 1. The van der Waals surface area contributed by atoms with Crippen molar-refractivity contribution < 1.29 is 14.3 Å². The molecule has 1 amide bonds. The van der Waals surface area contributed by atoms with E-state index in [1.807, 2.05) is 47.4 Å². The molecule has 5 heteroatoms. The zero-order valence-electron chi connectivity index (χ0n) is 18.6. The second-order valence-electron chi connectivity index (χ2n) is 9.03. The molecule has 0 N–H and O–H groups in total. The summed E-state index contributed by atoms with van der Waals surface area (Å²) in [6, 6.07) is 18.4. The summed E-state index contributed by atoms with van der Waals surface area (Å²) in [6.45, 7) is 9.74. The molecule has 5 nitrogen and oxygen atoms in total. The summed E-state index contributed by atoms with van der Waals surface area (Å²) < 4.78 is 11.5. The van der Waals surface area contributed by atoms with E-state index in [9.17, 15) is 4.79 Å². The lowest BCUT2D eigenvalue weighted by Gasteiger charge is -2.38. The third-order valence-electron chi connectivity index (χ3n) is 5.68. The van der Waals surface area contributed by atoms with Crippen molar-refractivity contribution in [2.45, 2.75) is 45.3 Å². The number of piperazine rings is 1. The van der Waals surface area contributed by atoms with E-state index in [1.165, 1.54) is 5.56 Å². The number of rotatable bonds is 6. The molecule has 162 valence electrons. The molecule has 2 aromatic carbocycles. The van der Waals surface area contributed by atoms with Crippen LogP contribution >= 0.6 is 0 Å². The van der Waals surface area contributed by atoms with Crippen LogP contribution in [0.15, 0.2) is 54.6 Å². The van der Waals surface area contributed by atoms with E-state index in [0.717, 1.165) is 24.3 Å². The molecule has 1 heterocycles. The first-order valence-corrected chi connectivity index (χ1v) is 10.7. The fourth-order valence-electron chi connectivity index (χ4n) is 3.60. The molecule has 0 bridgehead atoms. The number of nitrogens with zero attached hydrogens (tertiary/aromatic N) is 2. The molecule has 0 saturated carbocycles. The maximum atomic E-state index is 12.5. The quantitative estimate of drug-likeness (QED) is 0.692. The Morgan fingerprint density at radius 1 is 1.03 bits per heavy atom. The van der Waals surface area contributed by atoms with E-state index in [2.05, 4.69) is 44.9 Å². The molecule has 1 aliphatic rings. The molecular formula is C25H34N2O3. The van der Waals surface area contributed by atoms with Crippen molar-refractivity contribution in [1.82, 2.24) is 9.80 Å². The topological polar surface area (TPSA) is 42.0 Å². The Balaban J connectivity index is 1.45. The zero-order valence-corrected chi connectivity index (χ0v) is 18.6. The third-order valence-corrected chi connectivity index (χ3v) is 5.68. The maximum absolute atomic E-state index is 12.5. The average molecular weight is 411 g/mol. The van der Waals surface area contributed by atoms with Crippen molar-refractivity contribution >= 4 is 6.09 Å². The largest absolute Gasteiger partial charge is 0.494 e. The standard InChI is InChI=1S/C25H34N2O3/c1-25(2,3)21-10-12-23(13-11-21)29-17-14-22-18-27(16-15-26(22)4)24(28)30-19-20-8-6-5-7-9-20/h5-13,22H,14-19H2,1-4H3/t22-/m1/s1. The Hall–Kier alpha value is -2.53. The van der Waals surface area contributed by atoms with Gasteiger partial charge in [-0.15, -0.1) is 0 Å². The summed E-state index contributed by atoms with van der Waals surface area (Å²) in [4.78, 5) is 16.6. The van der Waals surface area contributed by atoms with Crippen molar-refractivity contribution in [3.05, 3.63) is 65.7 Å². The predicted molar refractivity (Wildman–Crippen MR) is 120 cm³/mol. The van der Waals surface area contributed by atoms with Crippen molar-refractivity contribution in [3.63, 3.8) is 0 Å². The van der Waals surface area contributed by atoms with Gasteiger partial charge in [0.05, 0.1) is 6.61 Å². The number of benzene rings is 2. The molecule has 2 aromatic rings. The number of hydrogen-bond acceptors (Lipinski definition) is 4. The monoisotopic (exact) mass is 410 g/mol. The second-order valence-corrected chi connectivity index (χ2v) is 9.03. The van der Waals surface area contributed by atoms with Crippen LogP contribution in [0.2, 0.25) is 0 Å². The maximum Gasteiger partial charge on any atom is 0.410 e. The van der Waals surface area contributed by atoms with Crippen LogP contribution in [-0.4, -0.2) is 55.2 Å². The van der Waals surface area contributed by atoms with Gasteiger partial charge in [-0.2, -0.15) is 0 Å². The minimum Gasteiger partial charge on any atom is -0.494 e. The number of carbonyl (C=O) groups excluding carboxylic acids is 1. The molecule has 0 aromatic heterocycles. The fourth-order valence-corrected chi connectivity index (χ4v) is 3.60. The highest BCUT2D eigenvalue weighted by Crippen LogP contribution is 2.24. The average Bonchev–Trinajstić information content (AvgIpc) is 2.74. The SMILES string of the molecule is CN1CCN(C(=O)OCc2ccccc2)C[C@H]1CCOc1ccc(C(C)(C)C)cc1. The molecule has 0 unspecified atom stereocenters. The van der Waals surface area contributed by atoms with Crippen molar-refractivity contribution in [3.8, 4) is 5.75 Å². The number of likely N-dealkylation sites (N-methyl/N-ethyl adjacent to an activating group) is 1. The molecule has 0 spiro atoms. The van der Waals surface area contributed by atoms with E-state index in [0.29, 0.717) is 26.3 Å². The molecule has 0 radical (unpaired) electrons. The molecule has 1 fully saturated rings. The van der Waals surface area contributed by atoms with Crippen molar-refractivity contribution in [1.29, 1.82) is 0 Å².